The molecule has 0 saturated carbocycles. The summed E-state index contributed by atoms with van der Waals surface area (Å²) in [4.78, 5) is 27.8. The summed E-state index contributed by atoms with van der Waals surface area (Å²) in [6, 6.07) is 13.9. The van der Waals surface area contributed by atoms with Crippen LogP contribution in [0.2, 0.25) is 0 Å². The molecule has 3 atom stereocenters. The number of benzene rings is 2. The van der Waals surface area contributed by atoms with Crippen molar-refractivity contribution in [2.75, 3.05) is 25.9 Å². The molecule has 3 aliphatic heterocycles. The maximum Gasteiger partial charge on any atom is 0.356 e. The molecule has 0 aromatic heterocycles. The molecular formula is C28H37N4O5S+. The molecule has 38 heavy (non-hydrogen) atoms. The number of hydrogen-bond acceptors (Lipinski definition) is 7. The number of nitrogens with zero attached hydrogens (tertiary/aromatic N) is 1. The Morgan fingerprint density at radius 1 is 1.16 bits per heavy atom. The van der Waals surface area contributed by atoms with E-state index in [-0.39, 0.29) is 13.0 Å². The van der Waals surface area contributed by atoms with Gasteiger partial charge in [-0.05, 0) is 51.4 Å². The summed E-state index contributed by atoms with van der Waals surface area (Å²) in [5.41, 5.74) is 6.76. The molecule has 0 radical (unpaired) electrons. The van der Waals surface area contributed by atoms with E-state index in [1.807, 2.05) is 36.4 Å². The molecule has 2 aromatic carbocycles. The number of ether oxygens (including phenoxy) is 1. The number of nitrogens with one attached hydrogen (secondary N) is 2. The van der Waals surface area contributed by atoms with E-state index in [9.17, 15) is 18.0 Å². The third-order valence-electron chi connectivity index (χ3n) is 8.27. The van der Waals surface area contributed by atoms with Crippen LogP contribution in [0.1, 0.15) is 44.2 Å². The molecule has 3 heterocycles. The van der Waals surface area contributed by atoms with Gasteiger partial charge in [0.05, 0.1) is 17.2 Å². The van der Waals surface area contributed by atoms with Gasteiger partial charge in [-0.3, -0.25) is 4.79 Å². The molecular weight excluding hydrogens is 504 g/mol. The molecule has 0 aliphatic carbocycles. The predicted octanol–water partition coefficient (Wildman–Crippen LogP) is 1.73. The van der Waals surface area contributed by atoms with Gasteiger partial charge in [-0.25, -0.2) is 4.79 Å². The highest BCUT2D eigenvalue weighted by atomic mass is 32.2. The average molecular weight is 542 g/mol. The molecule has 3 unspecified atom stereocenters. The van der Waals surface area contributed by atoms with Crippen LogP contribution in [-0.2, 0) is 31.4 Å². The Bertz CT molecular complexity index is 1340. The lowest BCUT2D eigenvalue weighted by atomic mass is 9.75. The Morgan fingerprint density at radius 3 is 2.47 bits per heavy atom. The molecule has 10 heteroatoms. The van der Waals surface area contributed by atoms with Crippen LogP contribution >= 0.6 is 0 Å². The van der Waals surface area contributed by atoms with E-state index >= 15 is 0 Å². The number of amides is 2. The summed E-state index contributed by atoms with van der Waals surface area (Å²) in [5, 5.41) is 6.18. The maximum atomic E-state index is 14.7. The molecule has 3 aliphatic rings. The van der Waals surface area contributed by atoms with E-state index in [0.717, 1.165) is 49.1 Å². The van der Waals surface area contributed by atoms with Crippen molar-refractivity contribution in [3.05, 3.63) is 59.7 Å². The summed E-state index contributed by atoms with van der Waals surface area (Å²) in [5.74, 6) is -0.365. The van der Waals surface area contributed by atoms with E-state index in [1.54, 1.807) is 26.0 Å². The quantitative estimate of drug-likeness (QED) is 0.475. The summed E-state index contributed by atoms with van der Waals surface area (Å²) >= 11 is 0. The van der Waals surface area contributed by atoms with E-state index < -0.39 is 48.8 Å². The topological polar surface area (TPSA) is 128 Å². The molecule has 1 fully saturated rings. The minimum atomic E-state index is -4.01. The normalized spacial score (nSPS) is 24.8. The second-order valence-electron chi connectivity index (χ2n) is 11.6. The number of nitrogens with two attached hydrogens (primary N) is 1. The monoisotopic (exact) mass is 541 g/mol. The molecule has 204 valence electrons. The summed E-state index contributed by atoms with van der Waals surface area (Å²) < 4.78 is 32.8. The average Bonchev–Trinajstić information content (AvgIpc) is 3.40. The minimum Gasteiger partial charge on any atom is -0.490 e. The molecule has 2 aromatic rings. The fraction of sp³-hybridized carbons (Fsp3) is 0.500. The van der Waals surface area contributed by atoms with Gasteiger partial charge < -0.3 is 21.1 Å². The van der Waals surface area contributed by atoms with Crippen LogP contribution in [0.3, 0.4) is 0 Å². The maximum absolute atomic E-state index is 14.7. The Balaban J connectivity index is 1.58. The van der Waals surface area contributed by atoms with Crippen molar-refractivity contribution in [2.45, 2.75) is 62.6 Å². The van der Waals surface area contributed by atoms with Crippen molar-refractivity contribution < 1.29 is 22.7 Å². The Labute approximate surface area is 224 Å². The van der Waals surface area contributed by atoms with Gasteiger partial charge in [0.25, 0.3) is 0 Å². The highest BCUT2D eigenvalue weighted by Gasteiger charge is 2.64. The third kappa shape index (κ3) is 4.43. The molecule has 1 saturated heterocycles. The zero-order valence-corrected chi connectivity index (χ0v) is 23.0. The standard InChI is InChI=1S/C28H36N4O5S/c1-27(2,29)26(34)31-22(17-20-16-19-8-4-7-11-24(19)37-20)25(33)32(38(3,35)36)18-28(12-14-30-15-13-28)21-9-5-6-10-23(21)32/h4-11,20,22,30H,12-18,29H2,1-3H3/p+1. The number of piperidine rings is 1. The van der Waals surface area contributed by atoms with Gasteiger partial charge in [-0.1, -0.05) is 36.4 Å². The zero-order chi connectivity index (χ0) is 27.3. The first-order chi connectivity index (χ1) is 17.9. The Kier molecular flexibility index (Phi) is 6.66. The highest BCUT2D eigenvalue weighted by molar-refractivity contribution is 7.90. The summed E-state index contributed by atoms with van der Waals surface area (Å²) in [7, 11) is -4.01. The number of sulfonamides is 1. The number of fused-ring (bicyclic) bond motifs is 3. The summed E-state index contributed by atoms with van der Waals surface area (Å²) in [6.07, 6.45) is 2.86. The van der Waals surface area contributed by atoms with Crippen LogP contribution in [0.4, 0.5) is 5.69 Å². The fourth-order valence-electron chi connectivity index (χ4n) is 6.29. The zero-order valence-electron chi connectivity index (χ0n) is 22.2. The first kappa shape index (κ1) is 26.8. The van der Waals surface area contributed by atoms with E-state index in [4.69, 9.17) is 10.5 Å². The minimum absolute atomic E-state index is 0.107. The first-order valence-corrected chi connectivity index (χ1v) is 15.0. The van der Waals surface area contributed by atoms with Crippen molar-refractivity contribution in [1.29, 1.82) is 0 Å². The van der Waals surface area contributed by atoms with Gasteiger partial charge in [0.2, 0.25) is 5.91 Å². The Morgan fingerprint density at radius 2 is 1.82 bits per heavy atom. The van der Waals surface area contributed by atoms with Crippen LogP contribution in [0, 0.1) is 0 Å². The largest absolute Gasteiger partial charge is 0.490 e. The predicted molar refractivity (Wildman–Crippen MR) is 146 cm³/mol. The molecule has 5 rings (SSSR count). The van der Waals surface area contributed by atoms with Crippen molar-refractivity contribution in [3.8, 4) is 5.75 Å². The number of hydrogen-bond donors (Lipinski definition) is 3. The third-order valence-corrected chi connectivity index (χ3v) is 9.91. The highest BCUT2D eigenvalue weighted by Crippen LogP contribution is 2.52. The van der Waals surface area contributed by atoms with Gasteiger partial charge >= 0.3 is 15.9 Å². The first-order valence-electron chi connectivity index (χ1n) is 13.2. The fourth-order valence-corrected chi connectivity index (χ4v) is 7.74. The Hall–Kier alpha value is -2.79. The molecule has 9 nitrogen and oxygen atoms in total. The van der Waals surface area contributed by atoms with Crippen LogP contribution in [0.5, 0.6) is 5.75 Å². The molecule has 4 N–H and O–H groups in total. The second-order valence-corrected chi connectivity index (χ2v) is 13.6. The van der Waals surface area contributed by atoms with Crippen molar-refractivity contribution in [2.24, 2.45) is 5.73 Å². The summed E-state index contributed by atoms with van der Waals surface area (Å²) in [6.45, 7) is 4.70. The smallest absolute Gasteiger partial charge is 0.356 e. The van der Waals surface area contributed by atoms with Crippen LogP contribution < -0.4 is 25.0 Å². The second kappa shape index (κ2) is 9.44. The van der Waals surface area contributed by atoms with Gasteiger partial charge in [0.1, 0.15) is 24.4 Å². The number of rotatable bonds is 6. The van der Waals surface area contributed by atoms with Crippen LogP contribution in [0.15, 0.2) is 48.5 Å². The van der Waals surface area contributed by atoms with E-state index in [2.05, 4.69) is 10.6 Å². The molecule has 2 amide bonds. The van der Waals surface area contributed by atoms with E-state index in [1.165, 1.54) is 0 Å². The molecule has 0 bridgehead atoms. The molecule has 1 spiro atoms. The van der Waals surface area contributed by atoms with Crippen molar-refractivity contribution in [3.63, 3.8) is 0 Å². The lowest BCUT2D eigenvalue weighted by Crippen LogP contribution is -2.67. The van der Waals surface area contributed by atoms with Crippen LogP contribution in [-0.4, -0.2) is 63.8 Å². The van der Waals surface area contributed by atoms with Gasteiger partial charge in [-0.15, -0.1) is 3.89 Å². The van der Waals surface area contributed by atoms with E-state index in [0.29, 0.717) is 12.1 Å². The number of carbonyl (C=O) groups is 2. The lowest BCUT2D eigenvalue weighted by Gasteiger charge is -2.37. The van der Waals surface area contributed by atoms with Gasteiger partial charge in [-0.2, -0.15) is 8.42 Å². The van der Waals surface area contributed by atoms with Crippen LogP contribution in [0.25, 0.3) is 0 Å². The van der Waals surface area contributed by atoms with Crippen molar-refractivity contribution >= 4 is 27.5 Å². The van der Waals surface area contributed by atoms with Gasteiger partial charge in [0, 0.05) is 24.5 Å². The number of carbonyl (C=O) groups excluding carboxylic acids is 2. The lowest BCUT2D eigenvalue weighted by molar-refractivity contribution is -0.134. The van der Waals surface area contributed by atoms with Gasteiger partial charge in [0.15, 0.2) is 5.69 Å². The number of quaternary nitrogens is 1. The van der Waals surface area contributed by atoms with Crippen molar-refractivity contribution in [1.82, 2.24) is 14.5 Å². The number of para-hydroxylation sites is 2. The SMILES string of the molecule is CC(C)(N)C(=O)NC(CC1Cc2ccccc2O1)C(=O)[N+]1(S(C)(=O)=O)CC2(CCNCC2)c2ccccc21.